The van der Waals surface area contributed by atoms with Crippen LogP contribution < -0.4 is 0 Å². The number of rotatable bonds is 2. The lowest BCUT2D eigenvalue weighted by Gasteiger charge is -2.21. The number of aliphatic imine (C=N–C) groups is 1. The van der Waals surface area contributed by atoms with E-state index in [1.807, 2.05) is 0 Å². The van der Waals surface area contributed by atoms with E-state index >= 15 is 0 Å². The maximum Gasteiger partial charge on any atom is 0.449 e. The van der Waals surface area contributed by atoms with E-state index in [9.17, 15) is 13.2 Å². The smallest absolute Gasteiger partial charge is 0.356 e. The van der Waals surface area contributed by atoms with Gasteiger partial charge in [0.05, 0.1) is 6.04 Å². The minimum atomic E-state index is -4.31. The van der Waals surface area contributed by atoms with Gasteiger partial charge in [0.2, 0.25) is 5.84 Å². The first-order valence-corrected chi connectivity index (χ1v) is 4.31. The van der Waals surface area contributed by atoms with Crippen LogP contribution in [-0.2, 0) is 0 Å². The summed E-state index contributed by atoms with van der Waals surface area (Å²) >= 11 is 0. The SMILES string of the molecule is CCN(C)/C(=N\C1CC1)C(F)(F)F. The molecule has 2 nitrogen and oxygen atoms in total. The molecule has 0 aromatic carbocycles. The van der Waals surface area contributed by atoms with Gasteiger partial charge >= 0.3 is 6.18 Å². The summed E-state index contributed by atoms with van der Waals surface area (Å²) in [6.07, 6.45) is -2.73. The van der Waals surface area contributed by atoms with Crippen LogP contribution in [0.3, 0.4) is 0 Å². The van der Waals surface area contributed by atoms with E-state index in [2.05, 4.69) is 4.99 Å². The summed E-state index contributed by atoms with van der Waals surface area (Å²) in [7, 11) is 1.41. The van der Waals surface area contributed by atoms with Gasteiger partial charge in [-0.2, -0.15) is 13.2 Å². The summed E-state index contributed by atoms with van der Waals surface area (Å²) in [5, 5.41) is 0. The second kappa shape index (κ2) is 3.55. The summed E-state index contributed by atoms with van der Waals surface area (Å²) in [5.41, 5.74) is 0. The van der Waals surface area contributed by atoms with Crippen LogP contribution >= 0.6 is 0 Å². The van der Waals surface area contributed by atoms with Crippen LogP contribution in [0.25, 0.3) is 0 Å². The van der Waals surface area contributed by atoms with Crippen molar-refractivity contribution >= 4 is 5.84 Å². The van der Waals surface area contributed by atoms with Crippen LogP contribution in [0.4, 0.5) is 13.2 Å². The predicted octanol–water partition coefficient (Wildman–Crippen LogP) is 2.06. The molecular weight excluding hydrogens is 181 g/mol. The molecule has 1 aliphatic carbocycles. The number of alkyl halides is 3. The maximum absolute atomic E-state index is 12.4. The van der Waals surface area contributed by atoms with Gasteiger partial charge in [0.25, 0.3) is 0 Å². The molecule has 1 fully saturated rings. The van der Waals surface area contributed by atoms with Crippen molar-refractivity contribution in [1.82, 2.24) is 4.90 Å². The average molecular weight is 194 g/mol. The molecule has 0 N–H and O–H groups in total. The summed E-state index contributed by atoms with van der Waals surface area (Å²) in [6.45, 7) is 2.00. The molecule has 0 unspecified atom stereocenters. The fourth-order valence-electron chi connectivity index (χ4n) is 0.915. The summed E-state index contributed by atoms with van der Waals surface area (Å²) < 4.78 is 37.1. The fraction of sp³-hybridized carbons (Fsp3) is 0.875. The van der Waals surface area contributed by atoms with E-state index in [-0.39, 0.29) is 6.04 Å². The Morgan fingerprint density at radius 1 is 1.46 bits per heavy atom. The third kappa shape index (κ3) is 2.90. The summed E-state index contributed by atoms with van der Waals surface area (Å²) in [4.78, 5) is 4.78. The van der Waals surface area contributed by atoms with E-state index < -0.39 is 12.0 Å². The third-order valence-electron chi connectivity index (χ3n) is 1.94. The van der Waals surface area contributed by atoms with Crippen LogP contribution in [-0.4, -0.2) is 36.5 Å². The number of nitrogens with zero attached hydrogens (tertiary/aromatic N) is 2. The number of amidine groups is 1. The molecule has 0 saturated heterocycles. The molecule has 0 radical (unpaired) electrons. The van der Waals surface area contributed by atoms with Crippen LogP contribution in [0.15, 0.2) is 4.99 Å². The van der Waals surface area contributed by atoms with Gasteiger partial charge in [0.15, 0.2) is 0 Å². The van der Waals surface area contributed by atoms with Gasteiger partial charge in [-0.05, 0) is 19.8 Å². The van der Waals surface area contributed by atoms with Gasteiger partial charge in [0, 0.05) is 13.6 Å². The molecule has 5 heteroatoms. The molecule has 0 bridgehead atoms. The highest BCUT2D eigenvalue weighted by Crippen LogP contribution is 2.28. The van der Waals surface area contributed by atoms with Crippen LogP contribution in [0.1, 0.15) is 19.8 Å². The highest BCUT2D eigenvalue weighted by atomic mass is 19.4. The molecule has 0 amide bonds. The Bertz CT molecular complexity index is 206. The monoisotopic (exact) mass is 194 g/mol. The standard InChI is InChI=1S/C8H13F3N2/c1-3-13(2)7(8(9,10)11)12-6-4-5-6/h6H,3-5H2,1-2H3/b12-7-. The molecule has 0 atom stereocenters. The molecule has 0 aromatic rings. The fourth-order valence-corrected chi connectivity index (χ4v) is 0.915. The molecule has 1 rings (SSSR count). The van der Waals surface area contributed by atoms with Crippen molar-refractivity contribution in [1.29, 1.82) is 0 Å². The highest BCUT2D eigenvalue weighted by molar-refractivity contribution is 5.87. The van der Waals surface area contributed by atoms with Crippen molar-refractivity contribution < 1.29 is 13.2 Å². The number of hydrogen-bond acceptors (Lipinski definition) is 1. The minimum absolute atomic E-state index is 0.0920. The molecule has 0 aromatic heterocycles. The van der Waals surface area contributed by atoms with Gasteiger partial charge in [-0.15, -0.1) is 0 Å². The van der Waals surface area contributed by atoms with E-state index in [0.717, 1.165) is 17.7 Å². The van der Waals surface area contributed by atoms with Crippen molar-refractivity contribution in [3.05, 3.63) is 0 Å². The van der Waals surface area contributed by atoms with Gasteiger partial charge in [-0.3, -0.25) is 4.99 Å². The second-order valence-corrected chi connectivity index (χ2v) is 3.20. The predicted molar refractivity (Wildman–Crippen MR) is 44.8 cm³/mol. The zero-order valence-electron chi connectivity index (χ0n) is 7.73. The largest absolute Gasteiger partial charge is 0.449 e. The zero-order chi connectivity index (χ0) is 10.1. The molecule has 13 heavy (non-hydrogen) atoms. The van der Waals surface area contributed by atoms with Crippen molar-refractivity contribution in [3.8, 4) is 0 Å². The number of halogens is 3. The Balaban J connectivity index is 2.74. The van der Waals surface area contributed by atoms with Gasteiger partial charge in [-0.25, -0.2) is 0 Å². The molecule has 0 spiro atoms. The Hall–Kier alpha value is -0.740. The lowest BCUT2D eigenvalue weighted by molar-refractivity contribution is -0.0679. The first kappa shape index (κ1) is 10.3. The Morgan fingerprint density at radius 2 is 2.00 bits per heavy atom. The lowest BCUT2D eigenvalue weighted by atomic mass is 10.4. The summed E-state index contributed by atoms with van der Waals surface area (Å²) in [5.74, 6) is -0.738. The first-order valence-electron chi connectivity index (χ1n) is 4.31. The first-order chi connectivity index (χ1) is 5.95. The van der Waals surface area contributed by atoms with Crippen molar-refractivity contribution in [3.63, 3.8) is 0 Å². The zero-order valence-corrected chi connectivity index (χ0v) is 7.73. The number of hydrogen-bond donors (Lipinski definition) is 0. The highest BCUT2D eigenvalue weighted by Gasteiger charge is 2.39. The van der Waals surface area contributed by atoms with Gasteiger partial charge in [0.1, 0.15) is 0 Å². The quantitative estimate of drug-likeness (QED) is 0.485. The molecule has 1 aliphatic rings. The van der Waals surface area contributed by atoms with Gasteiger partial charge < -0.3 is 4.90 Å². The third-order valence-corrected chi connectivity index (χ3v) is 1.94. The molecule has 0 aliphatic heterocycles. The average Bonchev–Trinajstić information content (AvgIpc) is 2.80. The summed E-state index contributed by atoms with van der Waals surface area (Å²) in [6, 6.07) is -0.0920. The Kier molecular flexibility index (Phi) is 2.83. The van der Waals surface area contributed by atoms with E-state index in [0.29, 0.717) is 6.54 Å². The molecule has 76 valence electrons. The van der Waals surface area contributed by atoms with Crippen molar-refractivity contribution in [2.75, 3.05) is 13.6 Å². The Labute approximate surface area is 75.4 Å². The van der Waals surface area contributed by atoms with Crippen LogP contribution in [0.5, 0.6) is 0 Å². The lowest BCUT2D eigenvalue weighted by Crippen LogP contribution is -2.38. The van der Waals surface area contributed by atoms with E-state index in [1.165, 1.54) is 7.05 Å². The molecule has 1 saturated carbocycles. The topological polar surface area (TPSA) is 15.6 Å². The normalized spacial score (nSPS) is 19.0. The van der Waals surface area contributed by atoms with Crippen molar-refractivity contribution in [2.45, 2.75) is 32.0 Å². The molecule has 0 heterocycles. The van der Waals surface area contributed by atoms with E-state index in [4.69, 9.17) is 0 Å². The minimum Gasteiger partial charge on any atom is -0.356 e. The van der Waals surface area contributed by atoms with E-state index in [1.54, 1.807) is 6.92 Å². The van der Waals surface area contributed by atoms with Crippen molar-refractivity contribution in [2.24, 2.45) is 4.99 Å². The van der Waals surface area contributed by atoms with Crippen LogP contribution in [0.2, 0.25) is 0 Å². The second-order valence-electron chi connectivity index (χ2n) is 3.20. The maximum atomic E-state index is 12.4. The van der Waals surface area contributed by atoms with Gasteiger partial charge in [-0.1, -0.05) is 0 Å². The Morgan fingerprint density at radius 3 is 2.31 bits per heavy atom. The van der Waals surface area contributed by atoms with Crippen LogP contribution in [0, 0.1) is 0 Å². The molecular formula is C8H13F3N2.